The smallest absolute Gasteiger partial charge is 0.182 e. The van der Waals surface area contributed by atoms with Gasteiger partial charge in [-0.1, -0.05) is 58.4 Å². The SMILES string of the molecule is Cc1cc(OCc2ccc(CN3CCC[C@H]3CO)cc2)cc(CS(=O)(=O)c2ccccc2)c1Br. The van der Waals surface area contributed by atoms with Gasteiger partial charge in [0.25, 0.3) is 0 Å². The Labute approximate surface area is 210 Å². The van der Waals surface area contributed by atoms with Gasteiger partial charge in [0.05, 0.1) is 17.3 Å². The molecular formula is C27H30BrNO4S. The first kappa shape index (κ1) is 24.9. The van der Waals surface area contributed by atoms with E-state index in [9.17, 15) is 13.5 Å². The van der Waals surface area contributed by atoms with Crippen LogP contribution in [0.25, 0.3) is 0 Å². The molecule has 0 unspecified atom stereocenters. The van der Waals surface area contributed by atoms with Crippen molar-refractivity contribution in [3.05, 3.63) is 93.5 Å². The highest BCUT2D eigenvalue weighted by atomic mass is 79.9. The summed E-state index contributed by atoms with van der Waals surface area (Å²) in [6.45, 7) is 4.42. The van der Waals surface area contributed by atoms with Crippen molar-refractivity contribution in [1.29, 1.82) is 0 Å². The third-order valence-corrected chi connectivity index (χ3v) is 9.09. The van der Waals surface area contributed by atoms with Crippen molar-refractivity contribution in [2.45, 2.75) is 49.6 Å². The van der Waals surface area contributed by atoms with Crippen molar-refractivity contribution in [1.82, 2.24) is 4.90 Å². The van der Waals surface area contributed by atoms with Crippen LogP contribution in [0.3, 0.4) is 0 Å². The fourth-order valence-electron chi connectivity index (χ4n) is 4.36. The number of aliphatic hydroxyl groups is 1. The molecule has 5 nitrogen and oxygen atoms in total. The van der Waals surface area contributed by atoms with Gasteiger partial charge < -0.3 is 9.84 Å². The van der Waals surface area contributed by atoms with Gasteiger partial charge in [0.15, 0.2) is 9.84 Å². The normalized spacial score (nSPS) is 16.6. The molecule has 0 spiro atoms. The Morgan fingerprint density at radius 3 is 2.47 bits per heavy atom. The van der Waals surface area contributed by atoms with Crippen molar-refractivity contribution < 1.29 is 18.3 Å². The minimum Gasteiger partial charge on any atom is -0.489 e. The Bertz CT molecular complexity index is 1210. The van der Waals surface area contributed by atoms with E-state index in [1.807, 2.05) is 13.0 Å². The van der Waals surface area contributed by atoms with Gasteiger partial charge in [0.2, 0.25) is 0 Å². The van der Waals surface area contributed by atoms with Crippen LogP contribution >= 0.6 is 15.9 Å². The van der Waals surface area contributed by atoms with Crippen molar-refractivity contribution in [2.24, 2.45) is 0 Å². The highest BCUT2D eigenvalue weighted by molar-refractivity contribution is 9.10. The maximum absolute atomic E-state index is 12.9. The summed E-state index contributed by atoms with van der Waals surface area (Å²) < 4.78 is 32.6. The van der Waals surface area contributed by atoms with Crippen molar-refractivity contribution in [3.8, 4) is 5.75 Å². The molecule has 7 heteroatoms. The molecule has 4 rings (SSSR count). The number of likely N-dealkylation sites (tertiary alicyclic amines) is 1. The van der Waals surface area contributed by atoms with Gasteiger partial charge in [-0.2, -0.15) is 0 Å². The third kappa shape index (κ3) is 6.08. The predicted octanol–water partition coefficient (Wildman–Crippen LogP) is 5.27. The van der Waals surface area contributed by atoms with Crippen LogP contribution in [0.2, 0.25) is 0 Å². The standard InChI is InChI=1S/C27H30BrNO4S/c1-20-14-25(15-23(27(20)28)19-34(31,32)26-7-3-2-4-8-26)33-18-22-11-9-21(10-12-22)16-29-13-5-6-24(29)17-30/h2-4,7-12,14-15,24,30H,5-6,13,16-19H2,1H3/t24-/m0/s1. The fraction of sp³-hybridized carbons (Fsp3) is 0.333. The van der Waals surface area contributed by atoms with Crippen LogP contribution in [0.4, 0.5) is 0 Å². The zero-order valence-electron chi connectivity index (χ0n) is 19.3. The first-order valence-electron chi connectivity index (χ1n) is 11.5. The quantitative estimate of drug-likeness (QED) is 0.398. The zero-order valence-corrected chi connectivity index (χ0v) is 21.7. The second kappa shape index (κ2) is 11.0. The number of benzene rings is 3. The number of hydrogen-bond donors (Lipinski definition) is 1. The molecule has 34 heavy (non-hydrogen) atoms. The van der Waals surface area contributed by atoms with Crippen LogP contribution in [-0.2, 0) is 28.7 Å². The number of aryl methyl sites for hydroxylation is 1. The Balaban J connectivity index is 1.42. The first-order chi connectivity index (χ1) is 16.4. The number of nitrogens with zero attached hydrogens (tertiary/aromatic N) is 1. The molecule has 1 atom stereocenters. The van der Waals surface area contributed by atoms with Crippen LogP contribution in [0, 0.1) is 6.92 Å². The maximum Gasteiger partial charge on any atom is 0.182 e. The molecule has 0 bridgehead atoms. The summed E-state index contributed by atoms with van der Waals surface area (Å²) in [4.78, 5) is 2.64. The molecule has 1 saturated heterocycles. The van der Waals surface area contributed by atoms with Crippen molar-refractivity contribution in [2.75, 3.05) is 13.2 Å². The molecule has 1 N–H and O–H groups in total. The minimum atomic E-state index is -3.46. The summed E-state index contributed by atoms with van der Waals surface area (Å²) in [7, 11) is -3.46. The van der Waals surface area contributed by atoms with Crippen LogP contribution in [0.15, 0.2) is 76.1 Å². The van der Waals surface area contributed by atoms with E-state index < -0.39 is 9.84 Å². The van der Waals surface area contributed by atoms with E-state index in [0.717, 1.165) is 41.5 Å². The second-order valence-electron chi connectivity index (χ2n) is 8.84. The maximum atomic E-state index is 12.9. The van der Waals surface area contributed by atoms with Crippen LogP contribution in [-0.4, -0.2) is 37.6 Å². The van der Waals surface area contributed by atoms with E-state index in [1.165, 1.54) is 5.56 Å². The van der Waals surface area contributed by atoms with E-state index in [4.69, 9.17) is 4.74 Å². The Hall–Kier alpha value is -2.19. The molecule has 1 heterocycles. The lowest BCUT2D eigenvalue weighted by Crippen LogP contribution is -2.31. The monoisotopic (exact) mass is 543 g/mol. The Morgan fingerprint density at radius 2 is 1.76 bits per heavy atom. The van der Waals surface area contributed by atoms with Gasteiger partial charge in [-0.3, -0.25) is 4.90 Å². The molecule has 0 saturated carbocycles. The molecule has 0 amide bonds. The summed E-state index contributed by atoms with van der Waals surface area (Å²) in [5.74, 6) is 0.543. The van der Waals surface area contributed by atoms with Crippen LogP contribution in [0.5, 0.6) is 5.75 Å². The number of ether oxygens (including phenoxy) is 1. The number of sulfone groups is 1. The first-order valence-corrected chi connectivity index (χ1v) is 13.9. The predicted molar refractivity (Wildman–Crippen MR) is 138 cm³/mol. The summed E-state index contributed by atoms with van der Waals surface area (Å²) in [6.07, 6.45) is 2.20. The lowest BCUT2D eigenvalue weighted by atomic mass is 10.1. The molecule has 1 aliphatic rings. The van der Waals surface area contributed by atoms with Crippen molar-refractivity contribution in [3.63, 3.8) is 0 Å². The average molecular weight is 545 g/mol. The highest BCUT2D eigenvalue weighted by Gasteiger charge is 2.23. The number of halogens is 1. The van der Waals surface area contributed by atoms with E-state index in [2.05, 4.69) is 45.1 Å². The van der Waals surface area contributed by atoms with Gasteiger partial charge in [-0.25, -0.2) is 8.42 Å². The molecule has 0 aliphatic carbocycles. The van der Waals surface area contributed by atoms with E-state index in [-0.39, 0.29) is 18.4 Å². The molecule has 1 aliphatic heterocycles. The van der Waals surface area contributed by atoms with Gasteiger partial charge in [-0.15, -0.1) is 0 Å². The summed E-state index contributed by atoms with van der Waals surface area (Å²) in [5.41, 5.74) is 3.87. The second-order valence-corrected chi connectivity index (χ2v) is 11.6. The van der Waals surface area contributed by atoms with E-state index in [0.29, 0.717) is 22.8 Å². The molecule has 180 valence electrons. The van der Waals surface area contributed by atoms with Crippen LogP contribution < -0.4 is 4.74 Å². The average Bonchev–Trinajstić information content (AvgIpc) is 3.29. The molecular weight excluding hydrogens is 514 g/mol. The van der Waals surface area contributed by atoms with Gasteiger partial charge in [0, 0.05) is 17.1 Å². The molecule has 3 aromatic rings. The molecule has 0 radical (unpaired) electrons. The van der Waals surface area contributed by atoms with Crippen molar-refractivity contribution >= 4 is 25.8 Å². The number of rotatable bonds is 9. The Morgan fingerprint density at radius 1 is 1.06 bits per heavy atom. The van der Waals surface area contributed by atoms with E-state index in [1.54, 1.807) is 36.4 Å². The van der Waals surface area contributed by atoms with Gasteiger partial charge in [0.1, 0.15) is 12.4 Å². The largest absolute Gasteiger partial charge is 0.489 e. The lowest BCUT2D eigenvalue weighted by molar-refractivity contribution is 0.153. The van der Waals surface area contributed by atoms with Gasteiger partial charge >= 0.3 is 0 Å². The highest BCUT2D eigenvalue weighted by Crippen LogP contribution is 2.30. The summed E-state index contributed by atoms with van der Waals surface area (Å²) in [6, 6.07) is 20.8. The summed E-state index contributed by atoms with van der Waals surface area (Å²) >= 11 is 3.55. The fourth-order valence-corrected chi connectivity index (χ4v) is 6.29. The van der Waals surface area contributed by atoms with Crippen LogP contribution in [0.1, 0.15) is 35.1 Å². The van der Waals surface area contributed by atoms with Gasteiger partial charge in [-0.05, 0) is 72.8 Å². The minimum absolute atomic E-state index is 0.102. The number of aliphatic hydroxyl groups excluding tert-OH is 1. The molecule has 1 fully saturated rings. The van der Waals surface area contributed by atoms with E-state index >= 15 is 0 Å². The molecule has 3 aromatic carbocycles. The topological polar surface area (TPSA) is 66.8 Å². The lowest BCUT2D eigenvalue weighted by Gasteiger charge is -2.22. The Kier molecular flexibility index (Phi) is 8.09. The zero-order chi connectivity index (χ0) is 24.1. The summed E-state index contributed by atoms with van der Waals surface area (Å²) in [5, 5.41) is 9.52. The number of hydrogen-bond acceptors (Lipinski definition) is 5. The molecule has 0 aromatic heterocycles. The third-order valence-electron chi connectivity index (χ3n) is 6.28.